The minimum Gasteiger partial charge on any atom is -0.393 e. The Kier molecular flexibility index (Phi) is 8.64. The lowest BCUT2D eigenvalue weighted by molar-refractivity contribution is 0.101. The van der Waals surface area contributed by atoms with E-state index in [1.807, 2.05) is 12.1 Å². The van der Waals surface area contributed by atoms with E-state index in [0.717, 1.165) is 15.8 Å². The van der Waals surface area contributed by atoms with Crippen LogP contribution in [-0.4, -0.2) is 52.5 Å². The first-order valence-corrected chi connectivity index (χ1v) is 14.3. The summed E-state index contributed by atoms with van der Waals surface area (Å²) in [5.74, 6) is -0.0736. The maximum absolute atomic E-state index is 11.2. The van der Waals surface area contributed by atoms with Crippen molar-refractivity contribution in [2.24, 2.45) is 11.1 Å². The third-order valence-corrected chi connectivity index (χ3v) is 8.34. The SMILES string of the molecule is NS(=O)(=O)OC[C@H]1C[C@@H](Nc2ncncc2C(O)c2cc(C(O)c3cccc(Br)c3)c(Cl)s2)C[C@@H]1O. The Morgan fingerprint density at radius 1 is 1.25 bits per heavy atom. The predicted octanol–water partition coefficient (Wildman–Crippen LogP) is 2.89. The average molecular weight is 620 g/mol. The van der Waals surface area contributed by atoms with Crippen LogP contribution in [-0.2, 0) is 14.5 Å². The maximum atomic E-state index is 11.2. The van der Waals surface area contributed by atoms with Crippen LogP contribution in [0, 0.1) is 5.92 Å². The van der Waals surface area contributed by atoms with Gasteiger partial charge in [0.25, 0.3) is 0 Å². The number of aliphatic hydroxyl groups is 3. The first-order valence-electron chi connectivity index (χ1n) is 10.8. The number of aliphatic hydroxyl groups excluding tert-OH is 3. The van der Waals surface area contributed by atoms with Gasteiger partial charge in [-0.2, -0.15) is 8.42 Å². The summed E-state index contributed by atoms with van der Waals surface area (Å²) in [6.07, 6.45) is 0.634. The summed E-state index contributed by atoms with van der Waals surface area (Å²) < 4.78 is 27.9. The highest BCUT2D eigenvalue weighted by molar-refractivity contribution is 9.10. The zero-order chi connectivity index (χ0) is 26.0. The number of nitrogens with one attached hydrogen (secondary N) is 1. The molecule has 194 valence electrons. The number of hydrogen-bond donors (Lipinski definition) is 5. The van der Waals surface area contributed by atoms with E-state index in [1.165, 1.54) is 12.5 Å². The van der Waals surface area contributed by atoms with E-state index in [0.29, 0.717) is 44.6 Å². The molecule has 0 bridgehead atoms. The lowest BCUT2D eigenvalue weighted by Gasteiger charge is -2.18. The molecule has 14 heteroatoms. The van der Waals surface area contributed by atoms with Crippen molar-refractivity contribution in [2.45, 2.75) is 37.2 Å². The Hall–Kier alpha value is -1.68. The van der Waals surface area contributed by atoms with E-state index in [-0.39, 0.29) is 12.6 Å². The molecule has 1 saturated carbocycles. The van der Waals surface area contributed by atoms with Crippen LogP contribution in [0.25, 0.3) is 0 Å². The molecule has 1 fully saturated rings. The molecule has 0 spiro atoms. The molecule has 0 aliphatic heterocycles. The minimum absolute atomic E-state index is 0.228. The number of nitrogens with two attached hydrogens (primary N) is 1. The molecule has 1 aliphatic carbocycles. The standard InChI is InChI=1S/C22H24BrClN4O6S2/c23-13-3-1-2-11(4-13)19(30)15-7-18(35-21(15)24)20(31)16-8-26-10-27-22(16)28-14-5-12(17(29)6-14)9-34-36(25,32)33/h1-4,7-8,10,12,14,17,19-20,29-31H,5-6,9H2,(H2,25,32,33)(H,26,27,28)/t12-,14-,17+,19?,20?/m1/s1. The maximum Gasteiger partial charge on any atom is 0.333 e. The lowest BCUT2D eigenvalue weighted by atomic mass is 10.0. The summed E-state index contributed by atoms with van der Waals surface area (Å²) in [7, 11) is -4.10. The molecule has 3 aromatic rings. The second-order valence-corrected chi connectivity index (χ2v) is 12.3. The number of nitrogens with zero attached hydrogens (tertiary/aromatic N) is 2. The van der Waals surface area contributed by atoms with Gasteiger partial charge in [0.2, 0.25) is 0 Å². The fraction of sp³-hybridized carbons (Fsp3) is 0.364. The predicted molar refractivity (Wildman–Crippen MR) is 139 cm³/mol. The van der Waals surface area contributed by atoms with Crippen molar-refractivity contribution in [3.05, 3.63) is 73.2 Å². The van der Waals surface area contributed by atoms with Gasteiger partial charge in [-0.25, -0.2) is 15.1 Å². The molecule has 2 aromatic heterocycles. The largest absolute Gasteiger partial charge is 0.393 e. The molecule has 0 radical (unpaired) electrons. The molecule has 10 nitrogen and oxygen atoms in total. The lowest BCUT2D eigenvalue weighted by Crippen LogP contribution is -2.24. The normalized spacial score (nSPS) is 21.9. The highest BCUT2D eigenvalue weighted by Gasteiger charge is 2.35. The van der Waals surface area contributed by atoms with Gasteiger partial charge >= 0.3 is 10.3 Å². The van der Waals surface area contributed by atoms with Gasteiger partial charge in [-0.05, 0) is 36.6 Å². The van der Waals surface area contributed by atoms with Crippen molar-refractivity contribution < 1.29 is 27.9 Å². The molecule has 0 saturated heterocycles. The number of benzene rings is 1. The summed E-state index contributed by atoms with van der Waals surface area (Å²) in [5, 5.41) is 40.4. The van der Waals surface area contributed by atoms with Gasteiger partial charge in [0.05, 0.1) is 17.0 Å². The third kappa shape index (κ3) is 6.60. The average Bonchev–Trinajstić information content (AvgIpc) is 3.38. The van der Waals surface area contributed by atoms with E-state index in [1.54, 1.807) is 18.2 Å². The van der Waals surface area contributed by atoms with Crippen molar-refractivity contribution in [3.63, 3.8) is 0 Å². The van der Waals surface area contributed by atoms with Crippen LogP contribution in [0.1, 0.15) is 46.6 Å². The highest BCUT2D eigenvalue weighted by Crippen LogP contribution is 2.41. The van der Waals surface area contributed by atoms with Gasteiger partial charge in [-0.1, -0.05) is 39.7 Å². The van der Waals surface area contributed by atoms with Crippen LogP contribution >= 0.6 is 38.9 Å². The number of anilines is 1. The van der Waals surface area contributed by atoms with Crippen molar-refractivity contribution in [1.29, 1.82) is 0 Å². The highest BCUT2D eigenvalue weighted by atomic mass is 79.9. The molecule has 2 unspecified atom stereocenters. The first kappa shape index (κ1) is 27.4. The first-order chi connectivity index (χ1) is 17.0. The number of aromatic nitrogens is 2. The molecule has 2 heterocycles. The monoisotopic (exact) mass is 618 g/mol. The summed E-state index contributed by atoms with van der Waals surface area (Å²) in [6, 6.07) is 8.63. The molecule has 5 atom stereocenters. The van der Waals surface area contributed by atoms with Crippen LogP contribution < -0.4 is 10.5 Å². The summed E-state index contributed by atoms with van der Waals surface area (Å²) in [4.78, 5) is 8.78. The van der Waals surface area contributed by atoms with Crippen molar-refractivity contribution >= 4 is 55.0 Å². The Bertz CT molecular complexity index is 1330. The quantitative estimate of drug-likeness (QED) is 0.242. The van der Waals surface area contributed by atoms with Crippen LogP contribution in [0.4, 0.5) is 5.82 Å². The topological polar surface area (TPSA) is 168 Å². The van der Waals surface area contributed by atoms with Gasteiger partial charge < -0.3 is 20.6 Å². The van der Waals surface area contributed by atoms with E-state index in [9.17, 15) is 23.7 Å². The Morgan fingerprint density at radius 3 is 2.75 bits per heavy atom. The molecule has 1 aliphatic rings. The smallest absolute Gasteiger partial charge is 0.333 e. The van der Waals surface area contributed by atoms with Gasteiger partial charge in [0, 0.05) is 38.6 Å². The molecular weight excluding hydrogens is 596 g/mol. The Labute approximate surface area is 225 Å². The molecular formula is C22H24BrClN4O6S2. The van der Waals surface area contributed by atoms with E-state index >= 15 is 0 Å². The molecule has 36 heavy (non-hydrogen) atoms. The van der Waals surface area contributed by atoms with Gasteiger partial charge in [-0.3, -0.25) is 4.18 Å². The summed E-state index contributed by atoms with van der Waals surface area (Å²) >= 11 is 11.0. The minimum atomic E-state index is -4.10. The zero-order valence-electron chi connectivity index (χ0n) is 18.7. The van der Waals surface area contributed by atoms with E-state index in [4.69, 9.17) is 16.7 Å². The van der Waals surface area contributed by atoms with Crippen LogP contribution in [0.2, 0.25) is 4.34 Å². The Morgan fingerprint density at radius 2 is 2.03 bits per heavy atom. The second-order valence-electron chi connectivity index (χ2n) is 8.48. The fourth-order valence-corrected chi connectivity index (χ4v) is 6.30. The number of thiophene rings is 1. The number of hydrogen-bond acceptors (Lipinski definition) is 10. The molecule has 4 rings (SSSR count). The van der Waals surface area contributed by atoms with Crippen LogP contribution in [0.3, 0.4) is 0 Å². The van der Waals surface area contributed by atoms with Crippen LogP contribution in [0.15, 0.2) is 47.3 Å². The number of rotatable bonds is 9. The van der Waals surface area contributed by atoms with Gasteiger partial charge in [-0.15, -0.1) is 11.3 Å². The molecule has 6 N–H and O–H groups in total. The summed E-state index contributed by atoms with van der Waals surface area (Å²) in [5.41, 5.74) is 1.51. The number of halogens is 2. The van der Waals surface area contributed by atoms with Crippen molar-refractivity contribution in [3.8, 4) is 0 Å². The van der Waals surface area contributed by atoms with Gasteiger partial charge in [0.1, 0.15) is 24.4 Å². The second kappa shape index (κ2) is 11.4. The van der Waals surface area contributed by atoms with Crippen molar-refractivity contribution in [2.75, 3.05) is 11.9 Å². The Balaban J connectivity index is 1.50. The zero-order valence-corrected chi connectivity index (χ0v) is 22.6. The molecule has 0 amide bonds. The van der Waals surface area contributed by atoms with E-state index in [2.05, 4.69) is 35.4 Å². The third-order valence-electron chi connectivity index (χ3n) is 5.94. The van der Waals surface area contributed by atoms with E-state index < -0.39 is 34.5 Å². The fourth-order valence-electron chi connectivity index (χ4n) is 4.17. The van der Waals surface area contributed by atoms with Crippen molar-refractivity contribution in [1.82, 2.24) is 9.97 Å². The van der Waals surface area contributed by atoms with Gasteiger partial charge in [0.15, 0.2) is 0 Å². The summed E-state index contributed by atoms with van der Waals surface area (Å²) in [6.45, 7) is -0.228. The van der Waals surface area contributed by atoms with Crippen LogP contribution in [0.5, 0.6) is 0 Å². The molecule has 1 aromatic carbocycles.